The molecule has 3 heterocycles. The first kappa shape index (κ1) is 59.6. The van der Waals surface area contributed by atoms with Gasteiger partial charge in [-0.25, -0.2) is 0 Å². The van der Waals surface area contributed by atoms with Crippen molar-refractivity contribution >= 4 is 69.5 Å². The van der Waals surface area contributed by atoms with Crippen molar-refractivity contribution in [2.45, 2.75) is 260 Å². The normalized spacial score (nSPS) is 12.9. The predicted octanol–water partition coefficient (Wildman–Crippen LogP) is 22.4. The minimum atomic E-state index is 0.206. The molecular formula is C70H98O2S2Se. The number of hydrogen-bond donors (Lipinski definition) is 0. The van der Waals surface area contributed by atoms with Crippen molar-refractivity contribution in [1.29, 1.82) is 0 Å². The van der Waals surface area contributed by atoms with E-state index in [1.165, 1.54) is 246 Å². The van der Waals surface area contributed by atoms with Crippen LogP contribution in [-0.4, -0.2) is 14.5 Å². The van der Waals surface area contributed by atoms with Gasteiger partial charge in [0.2, 0.25) is 0 Å². The first-order valence-corrected chi connectivity index (χ1v) is 34.5. The Morgan fingerprint density at radius 2 is 0.747 bits per heavy atom. The first-order chi connectivity index (χ1) is 36.7. The first-order valence-electron chi connectivity index (χ1n) is 31.2. The van der Waals surface area contributed by atoms with Crippen LogP contribution in [0.3, 0.4) is 0 Å². The van der Waals surface area contributed by atoms with Crippen molar-refractivity contribution in [2.24, 2.45) is 11.8 Å². The summed E-state index contributed by atoms with van der Waals surface area (Å²) >= 11 is 3.89. The SMILES string of the molecule is CCCCCCCCCCC(CCCCCCCC)Cc1cc2c3cc(-c4ccc(-c5ccc(C)[se]5)s4)c(=O)c3c(CC(CCCCCCCC)CCCCCCCCCC)cc2c2cc(-c3ccc(C)s3)c(=O)c12. The van der Waals surface area contributed by atoms with Crippen LogP contribution in [0.4, 0.5) is 0 Å². The van der Waals surface area contributed by atoms with Crippen molar-refractivity contribution in [2.75, 3.05) is 0 Å². The van der Waals surface area contributed by atoms with Crippen LogP contribution in [0, 0.1) is 25.7 Å². The van der Waals surface area contributed by atoms with Crippen LogP contribution < -0.4 is 10.9 Å². The van der Waals surface area contributed by atoms with E-state index in [1.807, 2.05) is 0 Å². The third kappa shape index (κ3) is 17.2. The molecule has 0 radical (unpaired) electrons. The van der Waals surface area contributed by atoms with Crippen molar-refractivity contribution in [3.8, 4) is 30.2 Å². The van der Waals surface area contributed by atoms with Gasteiger partial charge in [0.1, 0.15) is 0 Å². The molecule has 0 aliphatic carbocycles. The van der Waals surface area contributed by atoms with Crippen LogP contribution in [0.15, 0.2) is 70.3 Å². The number of unbranched alkanes of at least 4 members (excludes halogenated alkanes) is 24. The molecule has 5 heteroatoms. The van der Waals surface area contributed by atoms with Gasteiger partial charge in [0.15, 0.2) is 0 Å². The monoisotopic (exact) mass is 1110 g/mol. The topological polar surface area (TPSA) is 34.1 Å². The third-order valence-corrected chi connectivity index (χ3v) is 21.6. The molecule has 0 amide bonds. The van der Waals surface area contributed by atoms with Crippen molar-refractivity contribution in [3.63, 3.8) is 0 Å². The second-order valence-electron chi connectivity index (χ2n) is 23.3. The molecular weight excluding hydrogens is 1020 g/mol. The molecule has 0 saturated heterocycles. The Labute approximate surface area is 469 Å². The minimum absolute atomic E-state index is 0.206. The number of aryl methyl sites for hydroxylation is 2. The summed E-state index contributed by atoms with van der Waals surface area (Å²) in [6.07, 6.45) is 43.7. The molecule has 75 heavy (non-hydrogen) atoms. The Morgan fingerprint density at radius 1 is 0.387 bits per heavy atom. The molecule has 0 fully saturated rings. The molecule has 3 aromatic heterocycles. The van der Waals surface area contributed by atoms with E-state index in [9.17, 15) is 0 Å². The average Bonchev–Trinajstić information content (AvgIpc) is 4.28. The third-order valence-electron chi connectivity index (χ3n) is 17.0. The Bertz CT molecular complexity index is 2840. The maximum atomic E-state index is 15.5. The fourth-order valence-electron chi connectivity index (χ4n) is 12.6. The van der Waals surface area contributed by atoms with Gasteiger partial charge in [-0.1, -0.05) is 207 Å². The van der Waals surface area contributed by atoms with E-state index in [0.717, 1.165) is 55.3 Å². The zero-order valence-electron chi connectivity index (χ0n) is 48.0. The van der Waals surface area contributed by atoms with E-state index >= 15 is 9.59 Å². The van der Waals surface area contributed by atoms with Gasteiger partial charge >= 0.3 is 221 Å². The summed E-state index contributed by atoms with van der Waals surface area (Å²) in [5.41, 5.74) is 4.57. The molecule has 7 rings (SSSR count). The van der Waals surface area contributed by atoms with Gasteiger partial charge in [0.25, 0.3) is 0 Å². The second kappa shape index (κ2) is 32.1. The molecule has 0 aliphatic rings. The van der Waals surface area contributed by atoms with Crippen LogP contribution in [0.5, 0.6) is 0 Å². The molecule has 0 bridgehead atoms. The zero-order valence-corrected chi connectivity index (χ0v) is 51.4. The molecule has 0 spiro atoms. The van der Waals surface area contributed by atoms with Crippen LogP contribution in [0.25, 0.3) is 62.5 Å². The van der Waals surface area contributed by atoms with E-state index in [0.29, 0.717) is 26.3 Å². The number of rotatable bonds is 39. The molecule has 0 aliphatic heterocycles. The fourth-order valence-corrected chi connectivity index (χ4v) is 16.5. The van der Waals surface area contributed by atoms with E-state index in [1.54, 1.807) is 22.7 Å². The Balaban J connectivity index is 1.33. The molecule has 4 aromatic carbocycles. The zero-order chi connectivity index (χ0) is 52.8. The van der Waals surface area contributed by atoms with E-state index in [4.69, 9.17) is 0 Å². The van der Waals surface area contributed by atoms with Crippen molar-refractivity contribution < 1.29 is 0 Å². The summed E-state index contributed by atoms with van der Waals surface area (Å²) in [6, 6.07) is 22.9. The summed E-state index contributed by atoms with van der Waals surface area (Å²) in [7, 11) is 0. The number of benzene rings is 2. The Morgan fingerprint density at radius 3 is 1.11 bits per heavy atom. The summed E-state index contributed by atoms with van der Waals surface area (Å²) in [5, 5.41) is 6.49. The Kier molecular flexibility index (Phi) is 25.5. The molecule has 2 nitrogen and oxygen atoms in total. The van der Waals surface area contributed by atoms with Crippen LogP contribution in [0.1, 0.15) is 254 Å². The van der Waals surface area contributed by atoms with E-state index in [-0.39, 0.29) is 10.9 Å². The Hall–Kier alpha value is -3.08. The van der Waals surface area contributed by atoms with Gasteiger partial charge < -0.3 is 0 Å². The van der Waals surface area contributed by atoms with Crippen molar-refractivity contribution in [3.05, 3.63) is 102 Å². The second-order valence-corrected chi connectivity index (χ2v) is 28.4. The quantitative estimate of drug-likeness (QED) is 0.0284. The summed E-state index contributed by atoms with van der Waals surface area (Å²) in [4.78, 5) is 35.5. The van der Waals surface area contributed by atoms with Crippen LogP contribution >= 0.6 is 22.7 Å². The summed E-state index contributed by atoms with van der Waals surface area (Å²) in [5.74, 6) is 1.07. The summed E-state index contributed by atoms with van der Waals surface area (Å²) < 4.78 is 2.87. The molecule has 2 atom stereocenters. The van der Waals surface area contributed by atoms with E-state index < -0.39 is 0 Å². The van der Waals surface area contributed by atoms with Crippen molar-refractivity contribution in [1.82, 2.24) is 0 Å². The van der Waals surface area contributed by atoms with Crippen LogP contribution in [0.2, 0.25) is 0 Å². The summed E-state index contributed by atoms with van der Waals surface area (Å²) in [6.45, 7) is 13.6. The van der Waals surface area contributed by atoms with Gasteiger partial charge in [-0.15, -0.1) is 11.3 Å². The molecule has 0 saturated carbocycles. The van der Waals surface area contributed by atoms with Gasteiger partial charge in [0, 0.05) is 9.75 Å². The fraction of sp³-hybridized carbons (Fsp3) is 0.600. The van der Waals surface area contributed by atoms with Gasteiger partial charge in [-0.05, 0) is 19.1 Å². The number of hydrogen-bond acceptors (Lipinski definition) is 4. The van der Waals surface area contributed by atoms with E-state index in [2.05, 4.69) is 102 Å². The van der Waals surface area contributed by atoms with Gasteiger partial charge in [0.05, 0.1) is 0 Å². The van der Waals surface area contributed by atoms with Gasteiger partial charge in [-0.3, -0.25) is 4.79 Å². The molecule has 2 unspecified atom stereocenters. The number of fused-ring (bicyclic) bond motifs is 5. The van der Waals surface area contributed by atoms with Gasteiger partial charge in [-0.2, -0.15) is 0 Å². The number of thiophene rings is 2. The maximum absolute atomic E-state index is 15.5. The van der Waals surface area contributed by atoms with Crippen LogP contribution in [-0.2, 0) is 12.8 Å². The predicted molar refractivity (Wildman–Crippen MR) is 337 cm³/mol. The molecule has 7 aromatic rings. The molecule has 408 valence electrons. The standard InChI is InChI=1S/C70H98O2S2Se/c1-7-11-15-19-23-25-29-33-37-53(35-31-27-21-17-13-9-3)45-55-47-58-57(59-49-61(69(71)67(55)59)63-41-39-51(5)73-63)48-56(46-54(36-32-28-22-18-14-10-4)38-34-30-26-24-20-16-12-8-2)68-60(58)50-62(70(68)72)64-42-43-65(74-64)66-44-40-52(6)75-66/h39-44,47-50,53-54H,7-38,45-46H2,1-6H3. The molecule has 0 N–H and O–H groups in total. The average molecular weight is 1110 g/mol.